The second-order valence-corrected chi connectivity index (χ2v) is 3.48. The van der Waals surface area contributed by atoms with Crippen LogP contribution in [0.1, 0.15) is 21.6 Å². The molecule has 0 fully saturated rings. The normalized spacial score (nSPS) is 10.1. The third-order valence-electron chi connectivity index (χ3n) is 2.28. The molecule has 0 spiro atoms. The van der Waals surface area contributed by atoms with Gasteiger partial charge in [0.25, 0.3) is 5.91 Å². The summed E-state index contributed by atoms with van der Waals surface area (Å²) in [5.41, 5.74) is 2.39. The van der Waals surface area contributed by atoms with Crippen LogP contribution in [-0.2, 0) is 0 Å². The van der Waals surface area contributed by atoms with E-state index in [1.54, 1.807) is 6.20 Å². The molecule has 0 aliphatic rings. The second-order valence-electron chi connectivity index (χ2n) is 3.48. The summed E-state index contributed by atoms with van der Waals surface area (Å²) in [5.74, 6) is 0.181. The first-order valence-electron chi connectivity index (χ1n) is 4.79. The maximum Gasteiger partial charge on any atom is 0.278 e. The molecule has 0 unspecified atom stereocenters. The number of carbonyl (C=O) groups is 1. The van der Waals surface area contributed by atoms with Gasteiger partial charge in [-0.2, -0.15) is 0 Å². The summed E-state index contributed by atoms with van der Waals surface area (Å²) in [6.45, 7) is 3.92. The number of amides is 1. The van der Waals surface area contributed by atoms with E-state index in [0.29, 0.717) is 5.82 Å². The van der Waals surface area contributed by atoms with Gasteiger partial charge in [-0.1, -0.05) is 0 Å². The molecule has 2 heterocycles. The molecule has 0 aliphatic heterocycles. The van der Waals surface area contributed by atoms with Crippen molar-refractivity contribution in [3.63, 3.8) is 0 Å². The van der Waals surface area contributed by atoms with Gasteiger partial charge in [-0.05, 0) is 31.0 Å². The van der Waals surface area contributed by atoms with Crippen molar-refractivity contribution < 1.29 is 9.21 Å². The number of nitrogens with zero attached hydrogens (tertiary/aromatic N) is 2. The van der Waals surface area contributed by atoms with Crippen molar-refractivity contribution in [2.45, 2.75) is 13.8 Å². The van der Waals surface area contributed by atoms with Crippen LogP contribution < -0.4 is 5.32 Å². The SMILES string of the molecule is Cc1cnc(NC(=O)c2cocn2)cc1C. The summed E-state index contributed by atoms with van der Waals surface area (Å²) in [6, 6.07) is 1.81. The smallest absolute Gasteiger partial charge is 0.278 e. The molecule has 0 saturated heterocycles. The van der Waals surface area contributed by atoms with Gasteiger partial charge in [0.1, 0.15) is 12.1 Å². The first-order chi connectivity index (χ1) is 7.66. The van der Waals surface area contributed by atoms with Crippen molar-refractivity contribution in [3.05, 3.63) is 41.7 Å². The van der Waals surface area contributed by atoms with Gasteiger partial charge < -0.3 is 9.73 Å². The molecule has 5 heteroatoms. The molecule has 0 radical (unpaired) electrons. The molecule has 0 saturated carbocycles. The van der Waals surface area contributed by atoms with Gasteiger partial charge in [0.05, 0.1) is 0 Å². The van der Waals surface area contributed by atoms with Crippen LogP contribution in [0.2, 0.25) is 0 Å². The van der Waals surface area contributed by atoms with Gasteiger partial charge in [0.2, 0.25) is 0 Å². The predicted octanol–water partition coefficient (Wildman–Crippen LogP) is 1.94. The Kier molecular flexibility index (Phi) is 2.68. The highest BCUT2D eigenvalue weighted by Crippen LogP contribution is 2.11. The van der Waals surface area contributed by atoms with E-state index in [1.165, 1.54) is 12.7 Å². The van der Waals surface area contributed by atoms with E-state index in [2.05, 4.69) is 15.3 Å². The van der Waals surface area contributed by atoms with E-state index in [9.17, 15) is 4.79 Å². The summed E-state index contributed by atoms with van der Waals surface area (Å²) in [5, 5.41) is 2.64. The minimum atomic E-state index is -0.329. The highest BCUT2D eigenvalue weighted by atomic mass is 16.3. The molecule has 16 heavy (non-hydrogen) atoms. The summed E-state index contributed by atoms with van der Waals surface area (Å²) in [7, 11) is 0. The lowest BCUT2D eigenvalue weighted by Crippen LogP contribution is -2.13. The monoisotopic (exact) mass is 217 g/mol. The first kappa shape index (κ1) is 10.4. The fourth-order valence-corrected chi connectivity index (χ4v) is 1.20. The number of pyridine rings is 1. The maximum atomic E-state index is 11.6. The number of aromatic nitrogens is 2. The standard InChI is InChI=1S/C11H11N3O2/c1-7-3-10(12-4-8(7)2)14-11(15)9-5-16-6-13-9/h3-6H,1-2H3,(H,12,14,15). The molecule has 2 aromatic rings. The third kappa shape index (κ3) is 2.08. The molecule has 1 amide bonds. The van der Waals surface area contributed by atoms with E-state index < -0.39 is 0 Å². The highest BCUT2D eigenvalue weighted by molar-refractivity contribution is 6.02. The third-order valence-corrected chi connectivity index (χ3v) is 2.28. The van der Waals surface area contributed by atoms with Crippen LogP contribution in [0.4, 0.5) is 5.82 Å². The zero-order chi connectivity index (χ0) is 11.5. The molecule has 5 nitrogen and oxygen atoms in total. The minimum Gasteiger partial charge on any atom is -0.451 e. The maximum absolute atomic E-state index is 11.6. The van der Waals surface area contributed by atoms with Crippen molar-refractivity contribution in [1.29, 1.82) is 0 Å². The van der Waals surface area contributed by atoms with Crippen LogP contribution in [-0.4, -0.2) is 15.9 Å². The Hall–Kier alpha value is -2.17. The first-order valence-corrected chi connectivity index (χ1v) is 4.79. The molecule has 1 N–H and O–H groups in total. The highest BCUT2D eigenvalue weighted by Gasteiger charge is 2.09. The van der Waals surface area contributed by atoms with Crippen LogP contribution in [0.25, 0.3) is 0 Å². The lowest BCUT2D eigenvalue weighted by molar-refractivity contribution is 0.102. The second kappa shape index (κ2) is 4.14. The lowest BCUT2D eigenvalue weighted by atomic mass is 10.2. The molecule has 0 aliphatic carbocycles. The number of rotatable bonds is 2. The zero-order valence-corrected chi connectivity index (χ0v) is 9.02. The van der Waals surface area contributed by atoms with Crippen molar-refractivity contribution in [1.82, 2.24) is 9.97 Å². The summed E-state index contributed by atoms with van der Waals surface area (Å²) < 4.78 is 4.72. The zero-order valence-electron chi connectivity index (χ0n) is 9.02. The van der Waals surface area contributed by atoms with Gasteiger partial charge in [0.15, 0.2) is 12.1 Å². The number of anilines is 1. The predicted molar refractivity (Wildman–Crippen MR) is 58.2 cm³/mol. The summed E-state index contributed by atoms with van der Waals surface area (Å²) in [4.78, 5) is 19.4. The van der Waals surface area contributed by atoms with Gasteiger partial charge in [0, 0.05) is 6.20 Å². The van der Waals surface area contributed by atoms with Crippen LogP contribution in [0.5, 0.6) is 0 Å². The van der Waals surface area contributed by atoms with Crippen LogP contribution in [0, 0.1) is 13.8 Å². The Balaban J connectivity index is 2.15. The van der Waals surface area contributed by atoms with E-state index in [4.69, 9.17) is 4.42 Å². The fraction of sp³-hybridized carbons (Fsp3) is 0.182. The molecule has 82 valence electrons. The summed E-state index contributed by atoms with van der Waals surface area (Å²) >= 11 is 0. The number of carbonyl (C=O) groups excluding carboxylic acids is 1. The molecule has 0 atom stereocenters. The fourth-order valence-electron chi connectivity index (χ4n) is 1.20. The average Bonchev–Trinajstić information content (AvgIpc) is 2.77. The van der Waals surface area contributed by atoms with Crippen molar-refractivity contribution in [2.75, 3.05) is 5.32 Å². The molecule has 2 aromatic heterocycles. The van der Waals surface area contributed by atoms with Crippen molar-refractivity contribution >= 4 is 11.7 Å². The molecular formula is C11H11N3O2. The van der Waals surface area contributed by atoms with Crippen LogP contribution in [0.3, 0.4) is 0 Å². The summed E-state index contributed by atoms with van der Waals surface area (Å²) in [6.07, 6.45) is 4.22. The van der Waals surface area contributed by atoms with Crippen molar-refractivity contribution in [2.24, 2.45) is 0 Å². The minimum absolute atomic E-state index is 0.236. The van der Waals surface area contributed by atoms with Crippen molar-refractivity contribution in [3.8, 4) is 0 Å². The molecular weight excluding hydrogens is 206 g/mol. The van der Waals surface area contributed by atoms with Gasteiger partial charge in [-0.25, -0.2) is 9.97 Å². The Morgan fingerprint density at radius 3 is 2.75 bits per heavy atom. The van der Waals surface area contributed by atoms with E-state index in [-0.39, 0.29) is 11.6 Å². The average molecular weight is 217 g/mol. The number of aryl methyl sites for hydroxylation is 2. The van der Waals surface area contributed by atoms with E-state index >= 15 is 0 Å². The number of nitrogens with one attached hydrogen (secondary N) is 1. The Morgan fingerprint density at radius 2 is 2.12 bits per heavy atom. The Bertz CT molecular complexity index is 506. The Labute approximate surface area is 92.5 Å². The van der Waals surface area contributed by atoms with Gasteiger partial charge in [-0.3, -0.25) is 4.79 Å². The van der Waals surface area contributed by atoms with Crippen LogP contribution >= 0.6 is 0 Å². The number of oxazole rings is 1. The number of hydrogen-bond donors (Lipinski definition) is 1. The molecule has 0 aromatic carbocycles. The number of hydrogen-bond acceptors (Lipinski definition) is 4. The van der Waals surface area contributed by atoms with Gasteiger partial charge in [-0.15, -0.1) is 0 Å². The Morgan fingerprint density at radius 1 is 1.31 bits per heavy atom. The van der Waals surface area contributed by atoms with Crippen LogP contribution in [0.15, 0.2) is 29.3 Å². The largest absolute Gasteiger partial charge is 0.451 e. The molecule has 0 bridgehead atoms. The lowest BCUT2D eigenvalue weighted by Gasteiger charge is -2.04. The van der Waals surface area contributed by atoms with E-state index in [0.717, 1.165) is 11.1 Å². The topological polar surface area (TPSA) is 68.0 Å². The molecule has 2 rings (SSSR count). The van der Waals surface area contributed by atoms with E-state index in [1.807, 2.05) is 19.9 Å². The quantitative estimate of drug-likeness (QED) is 0.834. The van der Waals surface area contributed by atoms with Gasteiger partial charge >= 0.3 is 0 Å².